The van der Waals surface area contributed by atoms with Crippen molar-refractivity contribution >= 4 is 5.91 Å². The lowest BCUT2D eigenvalue weighted by Crippen LogP contribution is -2.31. The number of benzene rings is 1. The van der Waals surface area contributed by atoms with Crippen LogP contribution in [-0.2, 0) is 17.9 Å². The normalized spacial score (nSPS) is 10.7. The van der Waals surface area contributed by atoms with Crippen LogP contribution in [0, 0.1) is 6.92 Å². The molecule has 1 heterocycles. The molecule has 0 saturated carbocycles. The maximum atomic E-state index is 12.6. The lowest BCUT2D eigenvalue weighted by Gasteiger charge is -2.22. The van der Waals surface area contributed by atoms with E-state index in [9.17, 15) is 4.79 Å². The molecule has 0 atom stereocenters. The van der Waals surface area contributed by atoms with Gasteiger partial charge in [-0.25, -0.2) is 0 Å². The summed E-state index contributed by atoms with van der Waals surface area (Å²) < 4.78 is 2.24. The van der Waals surface area contributed by atoms with Crippen LogP contribution in [0.2, 0.25) is 0 Å². The van der Waals surface area contributed by atoms with Crippen molar-refractivity contribution in [3.63, 3.8) is 0 Å². The molecule has 1 aromatic carbocycles. The van der Waals surface area contributed by atoms with Gasteiger partial charge in [-0.1, -0.05) is 56.5 Å². The van der Waals surface area contributed by atoms with Crippen LogP contribution in [0.4, 0.5) is 0 Å². The molecule has 3 nitrogen and oxygen atoms in total. The lowest BCUT2D eigenvalue weighted by molar-refractivity contribution is -0.131. The Labute approximate surface area is 158 Å². The number of unbranched alkanes of at least 4 members (excludes halogenated alkanes) is 3. The molecule has 2 rings (SSSR count). The maximum Gasteiger partial charge on any atom is 0.223 e. The average Bonchev–Trinajstić information content (AvgIpc) is 3.07. The number of carbonyl (C=O) groups excluding carboxylic acids is 1. The fourth-order valence-corrected chi connectivity index (χ4v) is 3.19. The van der Waals surface area contributed by atoms with E-state index in [2.05, 4.69) is 67.6 Å². The van der Waals surface area contributed by atoms with Crippen LogP contribution in [0.1, 0.15) is 55.8 Å². The fourth-order valence-electron chi connectivity index (χ4n) is 3.19. The molecule has 26 heavy (non-hydrogen) atoms. The van der Waals surface area contributed by atoms with Gasteiger partial charge in [-0.3, -0.25) is 4.79 Å². The first kappa shape index (κ1) is 20.0. The topological polar surface area (TPSA) is 25.2 Å². The number of carbonyl (C=O) groups is 1. The first-order chi connectivity index (χ1) is 12.7. The largest absolute Gasteiger partial charge is 0.345 e. The molecule has 0 radical (unpaired) electrons. The van der Waals surface area contributed by atoms with E-state index in [1.54, 1.807) is 0 Å². The Morgan fingerprint density at radius 3 is 2.69 bits per heavy atom. The summed E-state index contributed by atoms with van der Waals surface area (Å²) in [6.07, 6.45) is 9.05. The highest BCUT2D eigenvalue weighted by molar-refractivity contribution is 5.76. The van der Waals surface area contributed by atoms with Crippen LogP contribution in [0.3, 0.4) is 0 Å². The molecule has 0 fully saturated rings. The summed E-state index contributed by atoms with van der Waals surface area (Å²) in [4.78, 5) is 14.5. The van der Waals surface area contributed by atoms with Gasteiger partial charge in [0.25, 0.3) is 0 Å². The molecular weight excluding hydrogens is 320 g/mol. The smallest absolute Gasteiger partial charge is 0.223 e. The van der Waals surface area contributed by atoms with Crippen LogP contribution in [-0.4, -0.2) is 21.9 Å². The van der Waals surface area contributed by atoms with Gasteiger partial charge in [0.05, 0.1) is 6.54 Å². The molecule has 0 aliphatic heterocycles. The molecule has 0 bridgehead atoms. The van der Waals surface area contributed by atoms with Crippen molar-refractivity contribution in [1.29, 1.82) is 0 Å². The molecule has 1 amide bonds. The van der Waals surface area contributed by atoms with Crippen molar-refractivity contribution in [2.45, 2.75) is 59.0 Å². The summed E-state index contributed by atoms with van der Waals surface area (Å²) in [5.41, 5.74) is 3.77. The maximum absolute atomic E-state index is 12.6. The Morgan fingerprint density at radius 1 is 1.15 bits per heavy atom. The second-order valence-electron chi connectivity index (χ2n) is 6.93. The third-order valence-corrected chi connectivity index (χ3v) is 4.82. The standard InChI is InChI=1S/C23H32N2O/c1-4-6-7-8-15-23(26)25(16-5-2)19-22-14-11-17-24(22)18-21-13-10-9-12-20(21)3/h5,9-14,17H,2,4,6-8,15-16,18-19H2,1,3H3. The summed E-state index contributed by atoms with van der Waals surface area (Å²) in [5, 5.41) is 0. The summed E-state index contributed by atoms with van der Waals surface area (Å²) in [6.45, 7) is 10.2. The zero-order valence-electron chi connectivity index (χ0n) is 16.3. The van der Waals surface area contributed by atoms with Crippen LogP contribution < -0.4 is 0 Å². The second-order valence-corrected chi connectivity index (χ2v) is 6.93. The number of aryl methyl sites for hydroxylation is 1. The van der Waals surface area contributed by atoms with Crippen LogP contribution in [0.15, 0.2) is 55.3 Å². The highest BCUT2D eigenvalue weighted by Gasteiger charge is 2.14. The first-order valence-electron chi connectivity index (χ1n) is 9.73. The van der Waals surface area contributed by atoms with E-state index in [1.165, 1.54) is 24.0 Å². The van der Waals surface area contributed by atoms with Crippen molar-refractivity contribution in [1.82, 2.24) is 9.47 Å². The summed E-state index contributed by atoms with van der Waals surface area (Å²) in [6, 6.07) is 12.6. The predicted molar refractivity (Wildman–Crippen MR) is 109 cm³/mol. The first-order valence-corrected chi connectivity index (χ1v) is 9.73. The van der Waals surface area contributed by atoms with Crippen molar-refractivity contribution in [3.05, 3.63) is 72.1 Å². The van der Waals surface area contributed by atoms with Crippen LogP contribution in [0.5, 0.6) is 0 Å². The molecule has 0 aliphatic rings. The highest BCUT2D eigenvalue weighted by atomic mass is 16.2. The van der Waals surface area contributed by atoms with Gasteiger partial charge in [-0.15, -0.1) is 6.58 Å². The number of hydrogen-bond acceptors (Lipinski definition) is 1. The van der Waals surface area contributed by atoms with Crippen LogP contribution in [0.25, 0.3) is 0 Å². The van der Waals surface area contributed by atoms with Gasteiger partial charge in [-0.05, 0) is 36.6 Å². The average molecular weight is 353 g/mol. The molecule has 0 aliphatic carbocycles. The Bertz CT molecular complexity index is 702. The Hall–Kier alpha value is -2.29. The van der Waals surface area contributed by atoms with E-state index in [4.69, 9.17) is 0 Å². The van der Waals surface area contributed by atoms with Crippen molar-refractivity contribution in [3.8, 4) is 0 Å². The van der Waals surface area contributed by atoms with E-state index >= 15 is 0 Å². The highest BCUT2D eigenvalue weighted by Crippen LogP contribution is 2.15. The van der Waals surface area contributed by atoms with Gasteiger partial charge >= 0.3 is 0 Å². The predicted octanol–water partition coefficient (Wildman–Crippen LogP) is 5.33. The molecule has 0 saturated heterocycles. The molecular formula is C23H32N2O. The fraction of sp³-hybridized carbons (Fsp3) is 0.435. The van der Waals surface area contributed by atoms with Gasteiger partial charge in [0.2, 0.25) is 5.91 Å². The SMILES string of the molecule is C=CCN(Cc1cccn1Cc1ccccc1C)C(=O)CCCCCC. The quantitative estimate of drug-likeness (QED) is 0.396. The second kappa shape index (κ2) is 10.6. The monoisotopic (exact) mass is 352 g/mol. The lowest BCUT2D eigenvalue weighted by atomic mass is 10.1. The summed E-state index contributed by atoms with van der Waals surface area (Å²) in [7, 11) is 0. The minimum absolute atomic E-state index is 0.227. The van der Waals surface area contributed by atoms with Crippen molar-refractivity contribution in [2.75, 3.05) is 6.54 Å². The van der Waals surface area contributed by atoms with E-state index in [-0.39, 0.29) is 5.91 Å². The molecule has 0 unspecified atom stereocenters. The Balaban J connectivity index is 2.02. The summed E-state index contributed by atoms with van der Waals surface area (Å²) >= 11 is 0. The van der Waals surface area contributed by atoms with E-state index in [0.717, 1.165) is 25.1 Å². The number of hydrogen-bond donors (Lipinski definition) is 0. The summed E-state index contributed by atoms with van der Waals surface area (Å²) in [5.74, 6) is 0.227. The van der Waals surface area contributed by atoms with E-state index in [0.29, 0.717) is 19.5 Å². The number of rotatable bonds is 11. The number of nitrogens with zero attached hydrogens (tertiary/aromatic N) is 2. The van der Waals surface area contributed by atoms with Gasteiger partial charge in [0.1, 0.15) is 0 Å². The minimum atomic E-state index is 0.227. The van der Waals surface area contributed by atoms with Gasteiger partial charge in [0, 0.05) is 31.4 Å². The molecule has 3 heteroatoms. The Morgan fingerprint density at radius 2 is 1.96 bits per heavy atom. The zero-order valence-corrected chi connectivity index (χ0v) is 16.3. The van der Waals surface area contributed by atoms with Crippen molar-refractivity contribution in [2.24, 2.45) is 0 Å². The molecule has 2 aromatic rings. The Kier molecular flexibility index (Phi) is 8.20. The number of amides is 1. The third kappa shape index (κ3) is 5.91. The van der Waals surface area contributed by atoms with E-state index < -0.39 is 0 Å². The molecule has 1 aromatic heterocycles. The number of aromatic nitrogens is 1. The molecule has 0 spiro atoms. The zero-order chi connectivity index (χ0) is 18.8. The third-order valence-electron chi connectivity index (χ3n) is 4.82. The minimum Gasteiger partial charge on any atom is -0.345 e. The molecule has 0 N–H and O–H groups in total. The van der Waals surface area contributed by atoms with Gasteiger partial charge < -0.3 is 9.47 Å². The molecule has 140 valence electrons. The van der Waals surface area contributed by atoms with Crippen molar-refractivity contribution < 1.29 is 4.79 Å². The van der Waals surface area contributed by atoms with Gasteiger partial charge in [0.15, 0.2) is 0 Å². The van der Waals surface area contributed by atoms with E-state index in [1.807, 2.05) is 11.0 Å². The van der Waals surface area contributed by atoms with Crippen LogP contribution >= 0.6 is 0 Å². The van der Waals surface area contributed by atoms with Gasteiger partial charge in [-0.2, -0.15) is 0 Å².